The first-order chi connectivity index (χ1) is 23.5. The molecule has 1 aliphatic heterocycles. The first kappa shape index (κ1) is 40.9. The van der Waals surface area contributed by atoms with E-state index in [1.807, 2.05) is 53.8 Å². The number of ketones is 1. The topological polar surface area (TPSA) is 154 Å². The Labute approximate surface area is 302 Å². The molecule has 0 bridgehead atoms. The van der Waals surface area contributed by atoms with Gasteiger partial charge in [-0.2, -0.15) is 0 Å². The highest BCUT2D eigenvalue weighted by Crippen LogP contribution is 2.40. The van der Waals surface area contributed by atoms with E-state index in [0.717, 1.165) is 38.5 Å². The number of thiophene rings is 1. The Morgan fingerprint density at radius 2 is 1.74 bits per heavy atom. The number of hydrogen-bond donors (Lipinski definition) is 4. The Balaban J connectivity index is 1.92. The number of amides is 5. The van der Waals surface area contributed by atoms with Crippen molar-refractivity contribution in [3.63, 3.8) is 0 Å². The second kappa shape index (κ2) is 18.1. The van der Waals surface area contributed by atoms with Gasteiger partial charge in [0, 0.05) is 13.1 Å². The summed E-state index contributed by atoms with van der Waals surface area (Å²) in [7, 11) is 0. The number of nitrogens with one attached hydrogen (secondary N) is 4. The van der Waals surface area contributed by atoms with E-state index in [2.05, 4.69) is 27.8 Å². The van der Waals surface area contributed by atoms with Gasteiger partial charge in [-0.05, 0) is 59.8 Å². The molecule has 12 heteroatoms. The van der Waals surface area contributed by atoms with Crippen LogP contribution in [0.25, 0.3) is 0 Å². The van der Waals surface area contributed by atoms with Crippen LogP contribution in [-0.4, -0.2) is 77.5 Å². The normalized spacial score (nSPS) is 20.7. The molecule has 11 nitrogen and oxygen atoms in total. The molecule has 5 amide bonds. The second-order valence-electron chi connectivity index (χ2n) is 15.6. The summed E-state index contributed by atoms with van der Waals surface area (Å²) >= 11 is 1.30. The Kier molecular flexibility index (Phi) is 14.8. The molecule has 4 N–H and O–H groups in total. The number of hydrogen-bond acceptors (Lipinski definition) is 7. The third kappa shape index (κ3) is 10.3. The molecule has 0 radical (unpaired) electrons. The van der Waals surface area contributed by atoms with E-state index in [4.69, 9.17) is 0 Å². The number of unbranched alkanes of at least 4 members (excludes halogenated alkanes) is 1. The number of carbonyl (C=O) groups is 6. The number of likely N-dealkylation sites (tertiary alicyclic amines) is 1. The fourth-order valence-electron chi connectivity index (χ4n) is 7.30. The Bertz CT molecular complexity index is 1360. The summed E-state index contributed by atoms with van der Waals surface area (Å²) in [6.07, 6.45) is 8.17. The average molecular weight is 714 g/mol. The van der Waals surface area contributed by atoms with Gasteiger partial charge >= 0.3 is 0 Å². The first-order valence-corrected chi connectivity index (χ1v) is 19.1. The third-order valence-corrected chi connectivity index (χ3v) is 11.2. The molecular formula is C38H59N5O6S. The average Bonchev–Trinajstić information content (AvgIpc) is 3.77. The van der Waals surface area contributed by atoms with E-state index in [1.165, 1.54) is 22.3 Å². The highest BCUT2D eigenvalue weighted by molar-refractivity contribution is 7.12. The molecule has 1 aromatic heterocycles. The summed E-state index contributed by atoms with van der Waals surface area (Å²) in [6.45, 7) is 17.6. The van der Waals surface area contributed by atoms with Crippen molar-refractivity contribution in [1.29, 1.82) is 0 Å². The van der Waals surface area contributed by atoms with Crippen LogP contribution in [0.1, 0.15) is 116 Å². The van der Waals surface area contributed by atoms with E-state index in [0.29, 0.717) is 24.3 Å². The second-order valence-corrected chi connectivity index (χ2v) is 16.6. The van der Waals surface area contributed by atoms with Crippen LogP contribution in [-0.2, 0) is 24.0 Å². The number of rotatable bonds is 16. The van der Waals surface area contributed by atoms with Gasteiger partial charge in [0.1, 0.15) is 18.1 Å². The number of nitrogens with zero attached hydrogens (tertiary/aromatic N) is 1. The zero-order valence-electron chi connectivity index (χ0n) is 31.1. The highest BCUT2D eigenvalue weighted by atomic mass is 32.1. The van der Waals surface area contributed by atoms with Crippen molar-refractivity contribution in [1.82, 2.24) is 26.2 Å². The molecule has 5 atom stereocenters. The van der Waals surface area contributed by atoms with Crippen molar-refractivity contribution in [2.24, 2.45) is 22.7 Å². The van der Waals surface area contributed by atoms with Crippen molar-refractivity contribution in [2.45, 2.75) is 130 Å². The first-order valence-electron chi connectivity index (χ1n) is 18.2. The van der Waals surface area contributed by atoms with Gasteiger partial charge in [-0.15, -0.1) is 17.9 Å². The molecule has 1 saturated heterocycles. The summed E-state index contributed by atoms with van der Waals surface area (Å²) in [5.41, 5.74) is -1.25. The van der Waals surface area contributed by atoms with Crippen molar-refractivity contribution in [2.75, 3.05) is 13.1 Å². The largest absolute Gasteiger partial charge is 0.346 e. The predicted molar refractivity (Wildman–Crippen MR) is 196 cm³/mol. The molecular weight excluding hydrogens is 655 g/mol. The molecule has 2 fully saturated rings. The monoisotopic (exact) mass is 713 g/mol. The zero-order chi connectivity index (χ0) is 37.2. The molecule has 1 aliphatic carbocycles. The maximum absolute atomic E-state index is 14.6. The molecule has 2 heterocycles. The van der Waals surface area contributed by atoms with Crippen molar-refractivity contribution >= 4 is 46.7 Å². The van der Waals surface area contributed by atoms with Gasteiger partial charge in [0.05, 0.1) is 10.9 Å². The quantitative estimate of drug-likeness (QED) is 0.143. The minimum absolute atomic E-state index is 0.0370. The standard InChI is InChI=1S/C38H59N5O6S/c1-9-11-16-26(29(44)34(47)39-21-10-2)40-33(46)28-25(24(3)4)18-22-43(28)36(49)31(37(5,6)7)42-35(48)30(38(8)19-13-12-14-20-38)41-32(45)27-17-15-23-50-27/h10,15,17,23-26,28,30-31H,2,9,11-14,16,18-22H2,1,3-8H3,(H,39,47)(H,40,46)(H,41,45)(H,42,48)/t25-,26?,28+,30-,31-/m1/s1. The van der Waals surface area contributed by atoms with Gasteiger partial charge in [0.25, 0.3) is 11.8 Å². The maximum Gasteiger partial charge on any atom is 0.289 e. The lowest BCUT2D eigenvalue weighted by Gasteiger charge is -2.42. The summed E-state index contributed by atoms with van der Waals surface area (Å²) in [5, 5.41) is 13.2. The zero-order valence-corrected chi connectivity index (χ0v) is 31.9. The van der Waals surface area contributed by atoms with Gasteiger partial charge in [0.2, 0.25) is 23.5 Å². The van der Waals surface area contributed by atoms with Crippen LogP contribution >= 0.6 is 11.3 Å². The van der Waals surface area contributed by atoms with Gasteiger partial charge < -0.3 is 26.2 Å². The van der Waals surface area contributed by atoms with Crippen LogP contribution in [0.5, 0.6) is 0 Å². The van der Waals surface area contributed by atoms with Crippen molar-refractivity contribution in [3.8, 4) is 0 Å². The van der Waals surface area contributed by atoms with Crippen LogP contribution in [0.3, 0.4) is 0 Å². The molecule has 3 rings (SSSR count). The van der Waals surface area contributed by atoms with Crippen LogP contribution in [0.4, 0.5) is 0 Å². The SMILES string of the molecule is C=CCNC(=O)C(=O)C(CCCC)NC(=O)[C@@H]1[C@@H](C(C)C)CCN1C(=O)[C@@H](NC(=O)[C@@H](NC(=O)c1cccs1)C1(C)CCCCC1)C(C)(C)C. The molecule has 50 heavy (non-hydrogen) atoms. The van der Waals surface area contributed by atoms with Crippen LogP contribution in [0.15, 0.2) is 30.2 Å². The summed E-state index contributed by atoms with van der Waals surface area (Å²) in [4.78, 5) is 84.2. The van der Waals surface area contributed by atoms with Crippen molar-refractivity contribution < 1.29 is 28.8 Å². The van der Waals surface area contributed by atoms with E-state index < -0.39 is 64.4 Å². The molecule has 1 unspecified atom stereocenters. The lowest BCUT2D eigenvalue weighted by Crippen LogP contribution is -2.63. The molecule has 0 aromatic carbocycles. The molecule has 1 aromatic rings. The Morgan fingerprint density at radius 3 is 2.30 bits per heavy atom. The van der Waals surface area contributed by atoms with E-state index in [9.17, 15) is 28.8 Å². The number of Topliss-reactive ketones (excluding diaryl/α,β-unsaturated/α-hetero) is 1. The van der Waals surface area contributed by atoms with Crippen LogP contribution < -0.4 is 21.3 Å². The lowest BCUT2D eigenvalue weighted by molar-refractivity contribution is -0.146. The maximum atomic E-state index is 14.6. The summed E-state index contributed by atoms with van der Waals surface area (Å²) < 4.78 is 0. The molecule has 0 spiro atoms. The smallest absolute Gasteiger partial charge is 0.289 e. The van der Waals surface area contributed by atoms with Crippen molar-refractivity contribution in [3.05, 3.63) is 35.0 Å². The van der Waals surface area contributed by atoms with Crippen LogP contribution in [0.2, 0.25) is 0 Å². The Morgan fingerprint density at radius 1 is 1.06 bits per heavy atom. The van der Waals surface area contributed by atoms with E-state index in [-0.39, 0.29) is 30.7 Å². The fraction of sp³-hybridized carbons (Fsp3) is 0.684. The highest BCUT2D eigenvalue weighted by Gasteiger charge is 2.49. The third-order valence-electron chi connectivity index (χ3n) is 10.3. The summed E-state index contributed by atoms with van der Waals surface area (Å²) in [5.74, 6) is -3.34. The van der Waals surface area contributed by atoms with Gasteiger partial charge in [-0.25, -0.2) is 0 Å². The summed E-state index contributed by atoms with van der Waals surface area (Å²) in [6, 6.07) is -0.308. The van der Waals surface area contributed by atoms with Gasteiger partial charge in [0.15, 0.2) is 0 Å². The minimum atomic E-state index is -1.04. The molecule has 278 valence electrons. The van der Waals surface area contributed by atoms with E-state index >= 15 is 0 Å². The molecule has 1 saturated carbocycles. The van der Waals surface area contributed by atoms with Gasteiger partial charge in [-0.1, -0.05) is 92.7 Å². The van der Waals surface area contributed by atoms with Gasteiger partial charge in [-0.3, -0.25) is 28.8 Å². The Hall–Kier alpha value is -3.54. The predicted octanol–water partition coefficient (Wildman–Crippen LogP) is 4.77. The van der Waals surface area contributed by atoms with Crippen LogP contribution in [0, 0.1) is 22.7 Å². The molecule has 2 aliphatic rings. The number of carbonyl (C=O) groups excluding carboxylic acids is 6. The minimum Gasteiger partial charge on any atom is -0.346 e. The van der Waals surface area contributed by atoms with E-state index in [1.54, 1.807) is 12.1 Å². The lowest BCUT2D eigenvalue weighted by atomic mass is 9.70. The fourth-order valence-corrected chi connectivity index (χ4v) is 7.92.